The Balaban J connectivity index is 1.52. The number of esters is 1. The number of hydrogen-bond acceptors (Lipinski definition) is 6. The minimum Gasteiger partial charge on any atom is -0.469 e. The Morgan fingerprint density at radius 1 is 1.26 bits per heavy atom. The second-order valence-electron chi connectivity index (χ2n) is 8.75. The molecule has 2 aromatic rings. The molecule has 1 aromatic heterocycles. The second kappa shape index (κ2) is 10.5. The van der Waals surface area contributed by atoms with Crippen molar-refractivity contribution in [2.45, 2.75) is 43.2 Å². The second-order valence-corrected chi connectivity index (χ2v) is 10.5. The van der Waals surface area contributed by atoms with Gasteiger partial charge >= 0.3 is 5.97 Å². The highest BCUT2D eigenvalue weighted by molar-refractivity contribution is 7.89. The number of nitrogens with zero attached hydrogens (tertiary/aromatic N) is 3. The van der Waals surface area contributed by atoms with Gasteiger partial charge in [-0.2, -0.15) is 9.98 Å². The van der Waals surface area contributed by atoms with Crippen molar-refractivity contribution in [1.82, 2.24) is 14.2 Å². The number of allylic oxidation sites excluding steroid dienone is 1. The van der Waals surface area contributed by atoms with Gasteiger partial charge in [0.25, 0.3) is 0 Å². The van der Waals surface area contributed by atoms with Crippen LogP contribution in [0.5, 0.6) is 0 Å². The van der Waals surface area contributed by atoms with Crippen LogP contribution in [-0.4, -0.2) is 56.0 Å². The molecule has 4 rings (SSSR count). The molecule has 35 heavy (non-hydrogen) atoms. The molecule has 1 saturated heterocycles. The Kier molecular flexibility index (Phi) is 7.38. The maximum Gasteiger partial charge on any atom is 0.308 e. The number of carbonyl (C=O) groups is 2. The number of fused-ring (bicyclic) bond motifs is 1. The molecule has 1 unspecified atom stereocenters. The summed E-state index contributed by atoms with van der Waals surface area (Å²) in [6.07, 6.45) is 7.42. The van der Waals surface area contributed by atoms with Crippen molar-refractivity contribution in [2.24, 2.45) is 5.92 Å². The normalized spacial score (nSPS) is 16.5. The van der Waals surface area contributed by atoms with E-state index in [9.17, 15) is 23.3 Å². The molecule has 1 amide bonds. The predicted octanol–water partition coefficient (Wildman–Crippen LogP) is 2.08. The van der Waals surface area contributed by atoms with E-state index in [0.29, 0.717) is 44.6 Å². The summed E-state index contributed by atoms with van der Waals surface area (Å²) in [4.78, 5) is 27.0. The van der Waals surface area contributed by atoms with Gasteiger partial charge in [-0.15, -0.1) is 0 Å². The molecule has 10 heteroatoms. The first kappa shape index (κ1) is 24.7. The maximum absolute atomic E-state index is 13.5. The largest absolute Gasteiger partial charge is 0.469 e. The quantitative estimate of drug-likeness (QED) is 0.559. The van der Waals surface area contributed by atoms with Gasteiger partial charge in [-0.3, -0.25) is 9.59 Å². The molecular weight excluding hydrogens is 468 g/mol. The number of sulfonamides is 1. The third kappa shape index (κ3) is 5.47. The van der Waals surface area contributed by atoms with Crippen LogP contribution < -0.4 is 4.72 Å². The molecule has 1 aliphatic carbocycles. The van der Waals surface area contributed by atoms with Crippen LogP contribution in [0.2, 0.25) is 0 Å². The number of carbonyl (C=O) groups excluding carboxylic acids is 2. The van der Waals surface area contributed by atoms with Gasteiger partial charge in [0.1, 0.15) is 17.8 Å². The van der Waals surface area contributed by atoms with Gasteiger partial charge in [-0.25, -0.2) is 8.42 Å². The van der Waals surface area contributed by atoms with Crippen LogP contribution in [-0.2, 0) is 37.3 Å². The van der Waals surface area contributed by atoms with Gasteiger partial charge in [-0.1, -0.05) is 18.2 Å². The van der Waals surface area contributed by atoms with Crippen LogP contribution in [0.1, 0.15) is 36.1 Å². The Bertz CT molecular complexity index is 1280. The van der Waals surface area contributed by atoms with Crippen LogP contribution in [0.3, 0.4) is 0 Å². The number of nitrogens with one attached hydrogen (secondary N) is 1. The Labute approximate surface area is 205 Å². The van der Waals surface area contributed by atoms with E-state index in [1.807, 2.05) is 12.2 Å². The highest BCUT2D eigenvalue weighted by Crippen LogP contribution is 2.24. The van der Waals surface area contributed by atoms with Crippen LogP contribution in [0.4, 0.5) is 0 Å². The van der Waals surface area contributed by atoms with E-state index in [0.717, 1.165) is 11.1 Å². The number of hydrogen-bond donors (Lipinski definition) is 1. The summed E-state index contributed by atoms with van der Waals surface area (Å²) < 4.78 is 35.7. The number of aromatic nitrogens is 1. The van der Waals surface area contributed by atoms with Gasteiger partial charge < -0.3 is 14.2 Å². The highest BCUT2D eigenvalue weighted by Gasteiger charge is 2.33. The van der Waals surface area contributed by atoms with Gasteiger partial charge in [0.2, 0.25) is 15.9 Å². The average molecular weight is 497 g/mol. The van der Waals surface area contributed by atoms with Gasteiger partial charge in [0.15, 0.2) is 0 Å². The number of nitriles is 1. The molecule has 2 heterocycles. The van der Waals surface area contributed by atoms with E-state index < -0.39 is 16.1 Å². The van der Waals surface area contributed by atoms with Crippen molar-refractivity contribution in [1.29, 1.82) is 5.26 Å². The van der Waals surface area contributed by atoms with Crippen molar-refractivity contribution in [3.05, 3.63) is 59.4 Å². The maximum atomic E-state index is 13.5. The first-order valence-electron chi connectivity index (χ1n) is 11.6. The Hall–Kier alpha value is -3.42. The zero-order valence-electron chi connectivity index (χ0n) is 19.5. The SMILES string of the molecule is COC(=O)C1CCN(C(=O)C(CCn2cccc2C#N)NS(=O)(=O)c2ccc3c(c2)CC=C3)CC1. The average Bonchev–Trinajstić information content (AvgIpc) is 3.54. The number of benzene rings is 1. The zero-order chi connectivity index (χ0) is 25.0. The van der Waals surface area contributed by atoms with Crippen molar-refractivity contribution in [3.63, 3.8) is 0 Å². The number of methoxy groups -OCH3 is 1. The van der Waals surface area contributed by atoms with Crippen molar-refractivity contribution in [2.75, 3.05) is 20.2 Å². The van der Waals surface area contributed by atoms with Gasteiger partial charge in [0.05, 0.1) is 17.9 Å². The first-order chi connectivity index (χ1) is 16.8. The lowest BCUT2D eigenvalue weighted by atomic mass is 9.96. The van der Waals surface area contributed by atoms with E-state index in [2.05, 4.69) is 10.8 Å². The van der Waals surface area contributed by atoms with Gasteiger partial charge in [0, 0.05) is 25.8 Å². The lowest BCUT2D eigenvalue weighted by Crippen LogP contribution is -2.51. The molecule has 184 valence electrons. The fourth-order valence-corrected chi connectivity index (χ4v) is 5.86. The fourth-order valence-electron chi connectivity index (χ4n) is 4.59. The minimum atomic E-state index is -3.97. The zero-order valence-corrected chi connectivity index (χ0v) is 20.3. The van der Waals surface area contributed by atoms with E-state index in [1.165, 1.54) is 7.11 Å². The van der Waals surface area contributed by atoms with E-state index in [1.54, 1.807) is 46.0 Å². The molecule has 2 aliphatic rings. The topological polar surface area (TPSA) is 122 Å². The molecule has 0 bridgehead atoms. The molecular formula is C25H28N4O5S. The summed E-state index contributed by atoms with van der Waals surface area (Å²) in [5.74, 6) is -0.903. The Morgan fingerprint density at radius 2 is 2.03 bits per heavy atom. The molecule has 1 fully saturated rings. The van der Waals surface area contributed by atoms with Crippen molar-refractivity contribution in [3.8, 4) is 6.07 Å². The molecule has 1 N–H and O–H groups in total. The molecule has 1 aliphatic heterocycles. The van der Waals surface area contributed by atoms with Crippen molar-refractivity contribution < 1.29 is 22.7 Å². The predicted molar refractivity (Wildman–Crippen MR) is 128 cm³/mol. The summed E-state index contributed by atoms with van der Waals surface area (Å²) in [5, 5.41) is 9.29. The molecule has 9 nitrogen and oxygen atoms in total. The molecule has 1 aromatic carbocycles. The summed E-state index contributed by atoms with van der Waals surface area (Å²) >= 11 is 0. The highest BCUT2D eigenvalue weighted by atomic mass is 32.2. The summed E-state index contributed by atoms with van der Waals surface area (Å²) in [6.45, 7) is 0.976. The Morgan fingerprint density at radius 3 is 2.74 bits per heavy atom. The van der Waals surface area contributed by atoms with Crippen LogP contribution in [0.25, 0.3) is 6.08 Å². The smallest absolute Gasteiger partial charge is 0.308 e. The van der Waals surface area contributed by atoms with Crippen LogP contribution in [0, 0.1) is 17.2 Å². The summed E-state index contributed by atoms with van der Waals surface area (Å²) in [7, 11) is -2.63. The number of aryl methyl sites for hydroxylation is 1. The van der Waals surface area contributed by atoms with E-state index in [4.69, 9.17) is 4.74 Å². The first-order valence-corrected chi connectivity index (χ1v) is 13.0. The number of ether oxygens (including phenoxy) is 1. The van der Waals surface area contributed by atoms with E-state index >= 15 is 0 Å². The lowest BCUT2D eigenvalue weighted by Gasteiger charge is -2.33. The number of likely N-dealkylation sites (tertiary alicyclic amines) is 1. The minimum absolute atomic E-state index is 0.112. The molecule has 0 spiro atoms. The lowest BCUT2D eigenvalue weighted by molar-refractivity contribution is -0.149. The number of piperidine rings is 1. The standard InChI is InChI=1S/C25H28N4O5S/c1-34-25(31)19-9-13-29(14-10-19)24(30)23(11-15-28-12-3-6-21(28)17-26)27-35(32,33)22-8-7-18-4-2-5-20(18)16-22/h2-4,6-8,12,16,19,23,27H,5,9-11,13-15H2,1H3. The van der Waals surface area contributed by atoms with Crippen molar-refractivity contribution >= 4 is 28.0 Å². The third-order valence-corrected chi connectivity index (χ3v) is 8.07. The van der Waals surface area contributed by atoms with Gasteiger partial charge in [-0.05, 0) is 61.1 Å². The number of rotatable bonds is 8. The third-order valence-electron chi connectivity index (χ3n) is 6.60. The monoisotopic (exact) mass is 496 g/mol. The number of amides is 1. The summed E-state index contributed by atoms with van der Waals surface area (Å²) in [5.41, 5.74) is 2.34. The molecule has 0 saturated carbocycles. The summed E-state index contributed by atoms with van der Waals surface area (Å²) in [6, 6.07) is 9.41. The van der Waals surface area contributed by atoms with E-state index in [-0.39, 0.29) is 29.1 Å². The molecule has 0 radical (unpaired) electrons. The van der Waals surface area contributed by atoms with Crippen LogP contribution >= 0.6 is 0 Å². The molecule has 1 atom stereocenters. The van der Waals surface area contributed by atoms with Crippen LogP contribution in [0.15, 0.2) is 47.5 Å². The fraction of sp³-hybridized carbons (Fsp3) is 0.400.